The summed E-state index contributed by atoms with van der Waals surface area (Å²) in [5, 5.41) is 3.46. The van der Waals surface area contributed by atoms with E-state index < -0.39 is 0 Å². The van der Waals surface area contributed by atoms with Crippen molar-refractivity contribution in [2.24, 2.45) is 0 Å². The average Bonchev–Trinajstić information content (AvgIpc) is 2.03. The maximum absolute atomic E-state index is 13.1. The molecule has 1 aromatic carbocycles. The highest BCUT2D eigenvalue weighted by molar-refractivity contribution is 8.00. The Morgan fingerprint density at radius 1 is 1.31 bits per heavy atom. The molecule has 13 heavy (non-hydrogen) atoms. The van der Waals surface area contributed by atoms with Gasteiger partial charge in [-0.05, 0) is 18.2 Å². The average molecular weight is 201 g/mol. The first kappa shape index (κ1) is 8.97. The van der Waals surface area contributed by atoms with Crippen LogP contribution in [0.5, 0.6) is 0 Å². The number of hydrogen-bond acceptors (Lipinski definition) is 2. The van der Waals surface area contributed by atoms with Crippen LogP contribution in [0.25, 0.3) is 0 Å². The molecule has 1 fully saturated rings. The number of thioether (sulfide) groups is 1. The summed E-state index contributed by atoms with van der Waals surface area (Å²) >= 11 is 1.39. The van der Waals surface area contributed by atoms with Crippen molar-refractivity contribution in [3.63, 3.8) is 0 Å². The Hall–Kier alpha value is -0.610. The molecule has 4 heteroatoms. The quantitative estimate of drug-likeness (QED) is 0.785. The fourth-order valence-electron chi connectivity index (χ4n) is 1.09. The molecule has 0 aliphatic carbocycles. The lowest BCUT2D eigenvalue weighted by molar-refractivity contribution is 0.539. The Labute approximate surface area is 79.5 Å². The fraction of sp³-hybridized carbons (Fsp3) is 0.333. The van der Waals surface area contributed by atoms with Gasteiger partial charge in [0.05, 0.1) is 0 Å². The van der Waals surface area contributed by atoms with E-state index in [4.69, 9.17) is 0 Å². The van der Waals surface area contributed by atoms with Crippen LogP contribution < -0.4 is 5.32 Å². The normalized spacial score (nSPS) is 17.1. The summed E-state index contributed by atoms with van der Waals surface area (Å²) in [4.78, 5) is 0.409. The Morgan fingerprint density at radius 3 is 2.69 bits per heavy atom. The van der Waals surface area contributed by atoms with Crippen molar-refractivity contribution in [3.05, 3.63) is 29.8 Å². The van der Waals surface area contributed by atoms with Crippen LogP contribution >= 0.6 is 11.8 Å². The molecule has 1 nitrogen and oxygen atoms in total. The van der Waals surface area contributed by atoms with Gasteiger partial charge in [0.15, 0.2) is 0 Å². The smallest absolute Gasteiger partial charge is 0.136 e. The van der Waals surface area contributed by atoms with Crippen LogP contribution in [-0.2, 0) is 0 Å². The minimum Gasteiger partial charge on any atom is -0.314 e. The van der Waals surface area contributed by atoms with Crippen molar-refractivity contribution >= 4 is 11.8 Å². The number of halogens is 2. The first-order chi connectivity index (χ1) is 6.25. The van der Waals surface area contributed by atoms with Gasteiger partial charge in [0.25, 0.3) is 0 Å². The van der Waals surface area contributed by atoms with Crippen LogP contribution in [0.4, 0.5) is 8.78 Å². The molecule has 1 aliphatic rings. The van der Waals surface area contributed by atoms with Gasteiger partial charge in [-0.15, -0.1) is 11.8 Å². The Morgan fingerprint density at radius 2 is 2.08 bits per heavy atom. The van der Waals surface area contributed by atoms with Gasteiger partial charge >= 0.3 is 0 Å². The van der Waals surface area contributed by atoms with Crippen LogP contribution in [-0.4, -0.2) is 18.3 Å². The predicted octanol–water partition coefficient (Wildman–Crippen LogP) is 2.03. The number of benzene rings is 1. The van der Waals surface area contributed by atoms with E-state index >= 15 is 0 Å². The number of nitrogens with one attached hydrogen (secondary N) is 1. The third kappa shape index (κ3) is 2.00. The van der Waals surface area contributed by atoms with Crippen molar-refractivity contribution in [2.75, 3.05) is 13.1 Å². The molecular formula is C9H9F2NS. The Balaban J connectivity index is 2.13. The van der Waals surface area contributed by atoms with Crippen molar-refractivity contribution < 1.29 is 8.78 Å². The number of rotatable bonds is 2. The first-order valence-corrected chi connectivity index (χ1v) is 4.96. The molecule has 1 saturated heterocycles. The molecule has 1 heterocycles. The second kappa shape index (κ2) is 3.64. The van der Waals surface area contributed by atoms with E-state index in [0.717, 1.165) is 19.2 Å². The van der Waals surface area contributed by atoms with E-state index in [0.29, 0.717) is 10.1 Å². The lowest BCUT2D eigenvalue weighted by Crippen LogP contribution is -2.44. The molecule has 70 valence electrons. The molecule has 1 aliphatic heterocycles. The van der Waals surface area contributed by atoms with Gasteiger partial charge in [-0.3, -0.25) is 0 Å². The maximum Gasteiger partial charge on any atom is 0.136 e. The second-order valence-corrected chi connectivity index (χ2v) is 4.32. The van der Waals surface area contributed by atoms with E-state index in [1.807, 2.05) is 0 Å². The van der Waals surface area contributed by atoms with Gasteiger partial charge < -0.3 is 5.32 Å². The zero-order valence-corrected chi connectivity index (χ0v) is 7.70. The highest BCUT2D eigenvalue weighted by Crippen LogP contribution is 2.28. The summed E-state index contributed by atoms with van der Waals surface area (Å²) in [6, 6.07) is 3.56. The van der Waals surface area contributed by atoms with Gasteiger partial charge in [0.2, 0.25) is 0 Å². The third-order valence-electron chi connectivity index (χ3n) is 1.93. The standard InChI is InChI=1S/C9H9F2NS/c10-6-1-2-8(11)9(3-6)13-7-4-12-5-7/h1-3,7,12H,4-5H2. The van der Waals surface area contributed by atoms with Crippen molar-refractivity contribution in [3.8, 4) is 0 Å². The molecule has 0 spiro atoms. The minimum absolute atomic E-state index is 0.335. The highest BCUT2D eigenvalue weighted by atomic mass is 32.2. The van der Waals surface area contributed by atoms with Crippen molar-refractivity contribution in [1.29, 1.82) is 0 Å². The predicted molar refractivity (Wildman–Crippen MR) is 48.9 cm³/mol. The van der Waals surface area contributed by atoms with Gasteiger partial charge in [0, 0.05) is 23.2 Å². The maximum atomic E-state index is 13.1. The zero-order valence-electron chi connectivity index (χ0n) is 6.89. The molecule has 0 atom stereocenters. The molecule has 2 rings (SSSR count). The number of hydrogen-bond donors (Lipinski definition) is 1. The summed E-state index contributed by atoms with van der Waals surface area (Å²) in [6.45, 7) is 1.75. The molecule has 1 N–H and O–H groups in total. The molecule has 0 unspecified atom stereocenters. The van der Waals surface area contributed by atoms with Crippen LogP contribution in [0, 0.1) is 11.6 Å². The largest absolute Gasteiger partial charge is 0.314 e. The third-order valence-corrected chi connectivity index (χ3v) is 3.16. The van der Waals surface area contributed by atoms with Crippen molar-refractivity contribution in [1.82, 2.24) is 5.32 Å². The molecule has 0 radical (unpaired) electrons. The molecule has 0 saturated carbocycles. The lowest BCUT2D eigenvalue weighted by atomic mass is 10.3. The summed E-state index contributed by atoms with van der Waals surface area (Å²) < 4.78 is 25.8. The highest BCUT2D eigenvalue weighted by Gasteiger charge is 2.19. The van der Waals surface area contributed by atoms with E-state index in [-0.39, 0.29) is 11.6 Å². The monoisotopic (exact) mass is 201 g/mol. The van der Waals surface area contributed by atoms with Gasteiger partial charge in [-0.2, -0.15) is 0 Å². The van der Waals surface area contributed by atoms with Crippen LogP contribution in [0.3, 0.4) is 0 Å². The lowest BCUT2D eigenvalue weighted by Gasteiger charge is -2.26. The van der Waals surface area contributed by atoms with E-state index in [1.54, 1.807) is 0 Å². The SMILES string of the molecule is Fc1ccc(F)c(SC2CNC2)c1. The topological polar surface area (TPSA) is 12.0 Å². The van der Waals surface area contributed by atoms with E-state index in [2.05, 4.69) is 5.32 Å². The van der Waals surface area contributed by atoms with Crippen LogP contribution in [0.15, 0.2) is 23.1 Å². The van der Waals surface area contributed by atoms with Gasteiger partial charge in [-0.25, -0.2) is 8.78 Å². The van der Waals surface area contributed by atoms with E-state index in [1.165, 1.54) is 23.9 Å². The first-order valence-electron chi connectivity index (χ1n) is 4.08. The molecule has 0 amide bonds. The van der Waals surface area contributed by atoms with Crippen LogP contribution in [0.1, 0.15) is 0 Å². The fourth-order valence-corrected chi connectivity index (χ4v) is 2.22. The van der Waals surface area contributed by atoms with Gasteiger partial charge in [-0.1, -0.05) is 0 Å². The summed E-state index contributed by atoms with van der Waals surface area (Å²) in [5.74, 6) is -0.713. The molecular weight excluding hydrogens is 192 g/mol. The summed E-state index contributed by atoms with van der Waals surface area (Å²) in [6.07, 6.45) is 0. The van der Waals surface area contributed by atoms with Crippen molar-refractivity contribution in [2.45, 2.75) is 10.1 Å². The molecule has 0 bridgehead atoms. The zero-order chi connectivity index (χ0) is 9.26. The Bertz CT molecular complexity index is 312. The molecule has 1 aromatic rings. The van der Waals surface area contributed by atoms with Gasteiger partial charge in [0.1, 0.15) is 11.6 Å². The Kier molecular flexibility index (Phi) is 2.51. The van der Waals surface area contributed by atoms with Crippen LogP contribution in [0.2, 0.25) is 0 Å². The van der Waals surface area contributed by atoms with E-state index in [9.17, 15) is 8.78 Å². The summed E-state index contributed by atoms with van der Waals surface area (Å²) in [5.41, 5.74) is 0. The minimum atomic E-state index is -0.379. The molecule has 0 aromatic heterocycles. The second-order valence-electron chi connectivity index (χ2n) is 2.97. The summed E-state index contributed by atoms with van der Waals surface area (Å²) in [7, 11) is 0.